The van der Waals surface area contributed by atoms with E-state index in [1.165, 1.54) is 11.3 Å². The van der Waals surface area contributed by atoms with E-state index in [4.69, 9.17) is 38.1 Å². The van der Waals surface area contributed by atoms with Gasteiger partial charge < -0.3 is 38.1 Å². The van der Waals surface area contributed by atoms with Gasteiger partial charge in [-0.2, -0.15) is 0 Å². The van der Waals surface area contributed by atoms with Crippen molar-refractivity contribution in [3.05, 3.63) is 102 Å². The van der Waals surface area contributed by atoms with Gasteiger partial charge >= 0.3 is 0 Å². The number of aromatic nitrogens is 1. The van der Waals surface area contributed by atoms with Crippen molar-refractivity contribution in [3.63, 3.8) is 0 Å². The molecule has 4 aromatic carbocycles. The Labute approximate surface area is 331 Å². The highest BCUT2D eigenvalue weighted by Gasteiger charge is 2.26. The Morgan fingerprint density at radius 1 is 0.643 bits per heavy atom. The summed E-state index contributed by atoms with van der Waals surface area (Å²) in [6, 6.07) is 29.8. The van der Waals surface area contributed by atoms with Crippen molar-refractivity contribution in [2.45, 2.75) is 51.7 Å². The van der Waals surface area contributed by atoms with Gasteiger partial charge in [0.1, 0.15) is 5.75 Å². The molecule has 296 valence electrons. The standard InChI is InChI=1S/C46H55N3O7/c1-8-9-23-56-39-15-13-37(14-16-39)49(31-33-17-20-47-40(25-33)36-28-43(52-4)46(55-7)44(29-36)53-5)38-18-21-48(22-19-38)30-32-11-10-12-34(24-32)35-26-41(50-2)45(54-6)42(27-35)51-3/h10-17,20,24-29,38H,8-9,18-19,21-23,30-31H2,1-7H3. The lowest BCUT2D eigenvalue weighted by molar-refractivity contribution is 0.201. The zero-order chi connectivity index (χ0) is 39.4. The molecule has 0 aliphatic carbocycles. The van der Waals surface area contributed by atoms with Crippen LogP contribution in [0.5, 0.6) is 40.2 Å². The molecule has 1 aliphatic rings. The number of rotatable bonds is 18. The fourth-order valence-corrected chi connectivity index (χ4v) is 7.40. The fraction of sp³-hybridized carbons (Fsp3) is 0.370. The predicted octanol–water partition coefficient (Wildman–Crippen LogP) is 9.32. The van der Waals surface area contributed by atoms with Gasteiger partial charge in [-0.3, -0.25) is 9.88 Å². The van der Waals surface area contributed by atoms with Crippen LogP contribution >= 0.6 is 0 Å². The number of piperidine rings is 1. The Kier molecular flexibility index (Phi) is 13.8. The van der Waals surface area contributed by atoms with E-state index in [1.807, 2.05) is 30.5 Å². The molecule has 10 heteroatoms. The molecule has 1 aliphatic heterocycles. The largest absolute Gasteiger partial charge is 0.494 e. The van der Waals surface area contributed by atoms with E-state index < -0.39 is 0 Å². The second-order valence-electron chi connectivity index (χ2n) is 13.9. The van der Waals surface area contributed by atoms with Crippen molar-refractivity contribution in [1.82, 2.24) is 9.88 Å². The van der Waals surface area contributed by atoms with Crippen LogP contribution < -0.4 is 38.1 Å². The third-order valence-electron chi connectivity index (χ3n) is 10.4. The van der Waals surface area contributed by atoms with E-state index in [9.17, 15) is 0 Å². The molecule has 56 heavy (non-hydrogen) atoms. The molecule has 0 atom stereocenters. The molecule has 0 spiro atoms. The molecule has 0 amide bonds. The summed E-state index contributed by atoms with van der Waals surface area (Å²) in [5.41, 5.74) is 7.46. The van der Waals surface area contributed by atoms with Crippen molar-refractivity contribution < 1.29 is 33.2 Å². The first-order valence-corrected chi connectivity index (χ1v) is 19.3. The number of likely N-dealkylation sites (tertiary alicyclic amines) is 1. The Hall–Kier alpha value is -5.61. The second kappa shape index (κ2) is 19.3. The minimum atomic E-state index is 0.349. The monoisotopic (exact) mass is 761 g/mol. The maximum atomic E-state index is 6.02. The minimum Gasteiger partial charge on any atom is -0.494 e. The number of pyridine rings is 1. The van der Waals surface area contributed by atoms with Crippen LogP contribution in [0, 0.1) is 0 Å². The average molecular weight is 762 g/mol. The maximum Gasteiger partial charge on any atom is 0.203 e. The molecular formula is C46H55N3O7. The van der Waals surface area contributed by atoms with Crippen LogP contribution in [-0.2, 0) is 13.1 Å². The molecule has 0 saturated carbocycles. The summed E-state index contributed by atoms with van der Waals surface area (Å²) in [5, 5.41) is 0. The molecule has 1 aromatic heterocycles. The molecule has 10 nitrogen and oxygen atoms in total. The molecule has 2 heterocycles. The van der Waals surface area contributed by atoms with Crippen molar-refractivity contribution in [2.75, 3.05) is 67.3 Å². The number of ether oxygens (including phenoxy) is 7. The Balaban J connectivity index is 1.20. The molecular weight excluding hydrogens is 707 g/mol. The van der Waals surface area contributed by atoms with Crippen LogP contribution in [-0.4, -0.2) is 78.3 Å². The quantitative estimate of drug-likeness (QED) is 0.0806. The fourth-order valence-electron chi connectivity index (χ4n) is 7.40. The SMILES string of the molecule is CCCCOc1ccc(N(Cc2ccnc(-c3cc(OC)c(OC)c(OC)c3)c2)C2CCN(Cc3cccc(-c4cc(OC)c(OC)c(OC)c4)c3)CC2)cc1. The van der Waals surface area contributed by atoms with Gasteiger partial charge in [-0.25, -0.2) is 0 Å². The van der Waals surface area contributed by atoms with Crippen LogP contribution in [0.25, 0.3) is 22.4 Å². The van der Waals surface area contributed by atoms with Gasteiger partial charge in [-0.15, -0.1) is 0 Å². The van der Waals surface area contributed by atoms with Crippen LogP contribution in [0.3, 0.4) is 0 Å². The molecule has 0 radical (unpaired) electrons. The Bertz CT molecular complexity index is 1980. The number of hydrogen-bond donors (Lipinski definition) is 0. The van der Waals surface area contributed by atoms with E-state index in [0.29, 0.717) is 40.5 Å². The van der Waals surface area contributed by atoms with E-state index >= 15 is 0 Å². The van der Waals surface area contributed by atoms with E-state index in [1.54, 1.807) is 42.7 Å². The molecule has 1 saturated heterocycles. The normalized spacial score (nSPS) is 13.2. The number of hydrogen-bond acceptors (Lipinski definition) is 10. The molecule has 0 N–H and O–H groups in total. The smallest absolute Gasteiger partial charge is 0.203 e. The maximum absolute atomic E-state index is 6.02. The topological polar surface area (TPSA) is 84.0 Å². The van der Waals surface area contributed by atoms with Crippen molar-refractivity contribution >= 4 is 5.69 Å². The number of nitrogens with zero attached hydrogens (tertiary/aromatic N) is 3. The highest BCUT2D eigenvalue weighted by Crippen LogP contribution is 2.42. The van der Waals surface area contributed by atoms with Gasteiger partial charge in [0.2, 0.25) is 11.5 Å². The van der Waals surface area contributed by atoms with Gasteiger partial charge in [0.15, 0.2) is 23.0 Å². The molecule has 0 unspecified atom stereocenters. The highest BCUT2D eigenvalue weighted by molar-refractivity contribution is 5.72. The van der Waals surface area contributed by atoms with E-state index in [-0.39, 0.29) is 0 Å². The van der Waals surface area contributed by atoms with Crippen molar-refractivity contribution in [2.24, 2.45) is 0 Å². The van der Waals surface area contributed by atoms with Crippen molar-refractivity contribution in [1.29, 1.82) is 0 Å². The summed E-state index contributed by atoms with van der Waals surface area (Å²) in [6.45, 7) is 6.48. The number of methoxy groups -OCH3 is 6. The Morgan fingerprint density at radius 2 is 1.25 bits per heavy atom. The second-order valence-corrected chi connectivity index (χ2v) is 13.9. The average Bonchev–Trinajstić information content (AvgIpc) is 3.25. The summed E-state index contributed by atoms with van der Waals surface area (Å²) in [4.78, 5) is 9.85. The lowest BCUT2D eigenvalue weighted by atomic mass is 9.99. The lowest BCUT2D eigenvalue weighted by Crippen LogP contribution is -2.44. The van der Waals surface area contributed by atoms with Crippen LogP contribution in [0.15, 0.2) is 91.1 Å². The molecule has 0 bridgehead atoms. The first-order valence-electron chi connectivity index (χ1n) is 19.3. The summed E-state index contributed by atoms with van der Waals surface area (Å²) in [6.07, 6.45) is 6.09. The highest BCUT2D eigenvalue weighted by atomic mass is 16.5. The summed E-state index contributed by atoms with van der Waals surface area (Å²) in [5.74, 6) is 4.52. The van der Waals surface area contributed by atoms with E-state index in [2.05, 4.69) is 77.4 Å². The third kappa shape index (κ3) is 9.42. The zero-order valence-electron chi connectivity index (χ0n) is 33.8. The molecule has 6 rings (SSSR count). The summed E-state index contributed by atoms with van der Waals surface area (Å²) >= 11 is 0. The number of anilines is 1. The number of unbranched alkanes of at least 4 members (excludes halogenated alkanes) is 1. The van der Waals surface area contributed by atoms with E-state index in [0.717, 1.165) is 92.2 Å². The predicted molar refractivity (Wildman–Crippen MR) is 222 cm³/mol. The summed E-state index contributed by atoms with van der Waals surface area (Å²) < 4.78 is 39.7. The van der Waals surface area contributed by atoms with Gasteiger partial charge in [-0.05, 0) is 108 Å². The van der Waals surface area contributed by atoms with Gasteiger partial charge in [0.05, 0.1) is 55.0 Å². The zero-order valence-corrected chi connectivity index (χ0v) is 33.8. The molecule has 1 fully saturated rings. The molecule has 5 aromatic rings. The minimum absolute atomic E-state index is 0.349. The van der Waals surface area contributed by atoms with Crippen molar-refractivity contribution in [3.8, 4) is 62.6 Å². The van der Waals surface area contributed by atoms with Gasteiger partial charge in [-0.1, -0.05) is 31.5 Å². The third-order valence-corrected chi connectivity index (χ3v) is 10.4. The van der Waals surface area contributed by atoms with Crippen LogP contribution in [0.4, 0.5) is 5.69 Å². The first-order chi connectivity index (χ1) is 27.4. The lowest BCUT2D eigenvalue weighted by Gasteiger charge is -2.40. The van der Waals surface area contributed by atoms with Gasteiger partial charge in [0, 0.05) is 49.7 Å². The first kappa shape index (κ1) is 40.1. The Morgan fingerprint density at radius 3 is 1.82 bits per heavy atom. The van der Waals surface area contributed by atoms with Crippen LogP contribution in [0.1, 0.15) is 43.7 Å². The summed E-state index contributed by atoms with van der Waals surface area (Å²) in [7, 11) is 9.78. The number of benzene rings is 4. The van der Waals surface area contributed by atoms with Gasteiger partial charge in [0.25, 0.3) is 0 Å². The van der Waals surface area contributed by atoms with Crippen LogP contribution in [0.2, 0.25) is 0 Å².